The van der Waals surface area contributed by atoms with Crippen LogP contribution in [0, 0.1) is 0 Å². The average Bonchev–Trinajstić information content (AvgIpc) is 2.68. The molecule has 1 aromatic carbocycles. The molecule has 0 aliphatic carbocycles. The summed E-state index contributed by atoms with van der Waals surface area (Å²) >= 11 is 18.0. The van der Waals surface area contributed by atoms with Gasteiger partial charge in [-0.3, -0.25) is 0 Å². The second kappa shape index (κ2) is 5.83. The molecule has 18 heavy (non-hydrogen) atoms. The summed E-state index contributed by atoms with van der Waals surface area (Å²) in [6.45, 7) is 0.700. The summed E-state index contributed by atoms with van der Waals surface area (Å²) in [5, 5.41) is 4.77. The van der Waals surface area contributed by atoms with Gasteiger partial charge in [0.05, 0.1) is 15.7 Å². The summed E-state index contributed by atoms with van der Waals surface area (Å²) in [5.41, 5.74) is 0.706. The third-order valence-corrected chi connectivity index (χ3v) is 3.39. The van der Waals surface area contributed by atoms with Gasteiger partial charge in [0.15, 0.2) is 0 Å². The summed E-state index contributed by atoms with van der Waals surface area (Å²) in [4.78, 5) is 4.24. The molecule has 0 saturated carbocycles. The lowest BCUT2D eigenvalue weighted by Crippen LogP contribution is -2.09. The predicted molar refractivity (Wildman–Crippen MR) is 76.9 cm³/mol. The van der Waals surface area contributed by atoms with Crippen LogP contribution >= 0.6 is 34.8 Å². The van der Waals surface area contributed by atoms with E-state index < -0.39 is 0 Å². The normalized spacial score (nSPS) is 10.7. The molecule has 1 heterocycles. The van der Waals surface area contributed by atoms with Crippen molar-refractivity contribution in [3.8, 4) is 0 Å². The molecule has 0 bridgehead atoms. The molecule has 0 spiro atoms. The number of anilines is 1. The summed E-state index contributed by atoms with van der Waals surface area (Å²) in [6, 6.07) is 3.33. The van der Waals surface area contributed by atoms with Gasteiger partial charge in [0.2, 0.25) is 0 Å². The van der Waals surface area contributed by atoms with E-state index in [2.05, 4.69) is 10.3 Å². The molecule has 0 saturated heterocycles. The highest BCUT2D eigenvalue weighted by molar-refractivity contribution is 6.41. The zero-order valence-corrected chi connectivity index (χ0v) is 12.0. The van der Waals surface area contributed by atoms with Crippen molar-refractivity contribution in [1.82, 2.24) is 9.55 Å². The van der Waals surface area contributed by atoms with Crippen molar-refractivity contribution in [2.45, 2.75) is 6.42 Å². The number of nitrogens with zero attached hydrogens (tertiary/aromatic N) is 2. The van der Waals surface area contributed by atoms with E-state index >= 15 is 0 Å². The van der Waals surface area contributed by atoms with Gasteiger partial charge in [0, 0.05) is 37.4 Å². The Morgan fingerprint density at radius 3 is 2.44 bits per heavy atom. The van der Waals surface area contributed by atoms with E-state index in [1.54, 1.807) is 18.3 Å². The number of aromatic nitrogens is 2. The summed E-state index contributed by atoms with van der Waals surface area (Å²) < 4.78 is 1.98. The van der Waals surface area contributed by atoms with E-state index in [0.717, 1.165) is 12.2 Å². The van der Waals surface area contributed by atoms with Gasteiger partial charge in [-0.15, -0.1) is 0 Å². The van der Waals surface area contributed by atoms with Gasteiger partial charge in [0.1, 0.15) is 5.82 Å². The van der Waals surface area contributed by atoms with Crippen molar-refractivity contribution >= 4 is 40.5 Å². The fourth-order valence-corrected chi connectivity index (χ4v) is 2.60. The molecule has 1 aromatic heterocycles. The van der Waals surface area contributed by atoms with E-state index in [9.17, 15) is 0 Å². The Hall–Kier alpha value is -0.900. The quantitative estimate of drug-likeness (QED) is 0.924. The highest BCUT2D eigenvalue weighted by Gasteiger charge is 2.07. The highest BCUT2D eigenvalue weighted by Crippen LogP contribution is 2.33. The van der Waals surface area contributed by atoms with E-state index in [0.29, 0.717) is 27.3 Å². The van der Waals surface area contributed by atoms with Crippen LogP contribution in [0.2, 0.25) is 15.1 Å². The predicted octanol–water partition coefficient (Wildman–Crippen LogP) is 4.03. The van der Waals surface area contributed by atoms with Gasteiger partial charge in [-0.05, 0) is 12.1 Å². The lowest BCUT2D eigenvalue weighted by Gasteiger charge is -2.10. The molecule has 96 valence electrons. The number of aryl methyl sites for hydroxylation is 1. The SMILES string of the molecule is Cn1ccnc1CCNc1c(Cl)cc(Cl)cc1Cl. The fraction of sp³-hybridized carbons (Fsp3) is 0.250. The summed E-state index contributed by atoms with van der Waals surface area (Å²) in [5.74, 6) is 1.00. The maximum absolute atomic E-state index is 6.07. The van der Waals surface area contributed by atoms with Crippen molar-refractivity contribution in [2.24, 2.45) is 7.05 Å². The molecule has 2 aromatic rings. The molecule has 0 fully saturated rings. The van der Waals surface area contributed by atoms with Gasteiger partial charge in [0.25, 0.3) is 0 Å². The van der Waals surface area contributed by atoms with Crippen molar-refractivity contribution in [1.29, 1.82) is 0 Å². The Labute approximate surface area is 121 Å². The first kappa shape index (κ1) is 13.5. The zero-order valence-electron chi connectivity index (χ0n) is 9.75. The number of benzene rings is 1. The molecule has 6 heteroatoms. The Balaban J connectivity index is 2.01. The zero-order chi connectivity index (χ0) is 13.1. The third kappa shape index (κ3) is 3.10. The minimum Gasteiger partial charge on any atom is -0.382 e. The van der Waals surface area contributed by atoms with Crippen LogP contribution in [-0.4, -0.2) is 16.1 Å². The number of halogens is 3. The smallest absolute Gasteiger partial charge is 0.110 e. The fourth-order valence-electron chi connectivity index (χ4n) is 1.65. The summed E-state index contributed by atoms with van der Waals surface area (Å²) in [7, 11) is 1.96. The van der Waals surface area contributed by atoms with Gasteiger partial charge in [-0.1, -0.05) is 34.8 Å². The van der Waals surface area contributed by atoms with E-state index in [1.165, 1.54) is 0 Å². The highest BCUT2D eigenvalue weighted by atomic mass is 35.5. The molecule has 0 amide bonds. The second-order valence-electron chi connectivity index (χ2n) is 3.88. The van der Waals surface area contributed by atoms with Crippen LogP contribution < -0.4 is 5.32 Å². The monoisotopic (exact) mass is 303 g/mol. The maximum atomic E-state index is 6.07. The van der Waals surface area contributed by atoms with E-state index in [4.69, 9.17) is 34.8 Å². The first-order valence-electron chi connectivity index (χ1n) is 5.42. The number of hydrogen-bond donors (Lipinski definition) is 1. The first-order chi connectivity index (χ1) is 8.58. The van der Waals surface area contributed by atoms with Crippen LogP contribution in [0.15, 0.2) is 24.5 Å². The molecule has 0 unspecified atom stereocenters. The van der Waals surface area contributed by atoms with Crippen LogP contribution in [0.25, 0.3) is 0 Å². The standard InChI is InChI=1S/C12H12Cl3N3/c1-18-5-4-16-11(18)2-3-17-12-9(14)6-8(13)7-10(12)15/h4-7,17H,2-3H2,1H3. The number of hydrogen-bond acceptors (Lipinski definition) is 2. The minimum absolute atomic E-state index is 0.521. The minimum atomic E-state index is 0.521. The van der Waals surface area contributed by atoms with E-state index in [-0.39, 0.29) is 0 Å². The van der Waals surface area contributed by atoms with E-state index in [1.807, 2.05) is 17.8 Å². The molecule has 3 nitrogen and oxygen atoms in total. The molecule has 1 N–H and O–H groups in total. The molecular formula is C12H12Cl3N3. The van der Waals surface area contributed by atoms with Crippen LogP contribution in [0.4, 0.5) is 5.69 Å². The number of imidazole rings is 1. The van der Waals surface area contributed by atoms with Gasteiger partial charge >= 0.3 is 0 Å². The Morgan fingerprint density at radius 1 is 1.22 bits per heavy atom. The van der Waals surface area contributed by atoms with Gasteiger partial charge < -0.3 is 9.88 Å². The lowest BCUT2D eigenvalue weighted by molar-refractivity contribution is 0.790. The molecule has 2 rings (SSSR count). The number of rotatable bonds is 4. The largest absolute Gasteiger partial charge is 0.382 e. The van der Waals surface area contributed by atoms with Crippen molar-refractivity contribution in [3.05, 3.63) is 45.4 Å². The first-order valence-corrected chi connectivity index (χ1v) is 6.56. The molecule has 0 aliphatic rings. The van der Waals surface area contributed by atoms with Gasteiger partial charge in [-0.25, -0.2) is 4.98 Å². The van der Waals surface area contributed by atoms with Crippen LogP contribution in [0.5, 0.6) is 0 Å². The van der Waals surface area contributed by atoms with Crippen LogP contribution in [0.1, 0.15) is 5.82 Å². The number of nitrogens with one attached hydrogen (secondary N) is 1. The lowest BCUT2D eigenvalue weighted by atomic mass is 10.3. The average molecular weight is 305 g/mol. The summed E-state index contributed by atoms with van der Waals surface area (Å²) in [6.07, 6.45) is 4.48. The van der Waals surface area contributed by atoms with Crippen molar-refractivity contribution < 1.29 is 0 Å². The van der Waals surface area contributed by atoms with Crippen molar-refractivity contribution in [3.63, 3.8) is 0 Å². The molecule has 0 atom stereocenters. The van der Waals surface area contributed by atoms with Crippen LogP contribution in [0.3, 0.4) is 0 Å². The molecule has 0 radical (unpaired) electrons. The Kier molecular flexibility index (Phi) is 4.38. The van der Waals surface area contributed by atoms with Gasteiger partial charge in [-0.2, -0.15) is 0 Å². The second-order valence-corrected chi connectivity index (χ2v) is 5.13. The molecular weight excluding hydrogens is 293 g/mol. The van der Waals surface area contributed by atoms with Crippen molar-refractivity contribution in [2.75, 3.05) is 11.9 Å². The topological polar surface area (TPSA) is 29.9 Å². The Bertz CT molecular complexity index is 528. The molecule has 0 aliphatic heterocycles. The van der Waals surface area contributed by atoms with Crippen LogP contribution in [-0.2, 0) is 13.5 Å². The maximum Gasteiger partial charge on any atom is 0.110 e. The Morgan fingerprint density at radius 2 is 1.89 bits per heavy atom. The third-order valence-electron chi connectivity index (χ3n) is 2.58.